The SMILES string of the molecule is C#CCOC(=O)N1C[C@@H]2CN(C(=O)N3OC3c3ccccc3)C[C@@H]2C1. The largest absolute Gasteiger partial charge is 0.436 e. The molecular weight excluding hydrogens is 322 g/mol. The summed E-state index contributed by atoms with van der Waals surface area (Å²) in [6, 6.07) is 9.55. The number of carbonyl (C=O) groups excluding carboxylic acids is 2. The van der Waals surface area contributed by atoms with Gasteiger partial charge in [0, 0.05) is 43.6 Å². The first kappa shape index (κ1) is 15.8. The lowest BCUT2D eigenvalue weighted by atomic mass is 10.0. The molecule has 1 aromatic rings. The van der Waals surface area contributed by atoms with Crippen molar-refractivity contribution in [3.63, 3.8) is 0 Å². The van der Waals surface area contributed by atoms with Gasteiger partial charge in [-0.15, -0.1) is 6.42 Å². The van der Waals surface area contributed by atoms with Gasteiger partial charge in [-0.3, -0.25) is 0 Å². The van der Waals surface area contributed by atoms with E-state index < -0.39 is 0 Å². The van der Waals surface area contributed by atoms with E-state index in [9.17, 15) is 9.59 Å². The van der Waals surface area contributed by atoms with Crippen LogP contribution in [0.1, 0.15) is 11.8 Å². The van der Waals surface area contributed by atoms with Gasteiger partial charge in [0.25, 0.3) is 0 Å². The Hall–Kier alpha value is -2.72. The average molecular weight is 341 g/mol. The quantitative estimate of drug-likeness (QED) is 0.606. The molecule has 0 aliphatic carbocycles. The highest BCUT2D eigenvalue weighted by molar-refractivity contribution is 5.76. The third-order valence-corrected chi connectivity index (χ3v) is 4.95. The minimum Gasteiger partial charge on any atom is -0.436 e. The molecule has 0 saturated carbocycles. The molecule has 7 heteroatoms. The van der Waals surface area contributed by atoms with Gasteiger partial charge in [-0.25, -0.2) is 14.4 Å². The molecule has 3 amide bonds. The molecule has 0 bridgehead atoms. The maximum atomic E-state index is 12.6. The Bertz CT molecular complexity index is 703. The van der Waals surface area contributed by atoms with Crippen LogP contribution in [0.2, 0.25) is 0 Å². The molecule has 1 aromatic carbocycles. The fraction of sp³-hybridized carbons (Fsp3) is 0.444. The van der Waals surface area contributed by atoms with Gasteiger partial charge in [-0.1, -0.05) is 36.3 Å². The maximum Gasteiger partial charge on any atom is 0.410 e. The minimum absolute atomic E-state index is 0.0115. The fourth-order valence-corrected chi connectivity index (χ4v) is 3.67. The van der Waals surface area contributed by atoms with Gasteiger partial charge >= 0.3 is 12.1 Å². The number of carbonyl (C=O) groups is 2. The molecule has 0 radical (unpaired) electrons. The van der Waals surface area contributed by atoms with Crippen molar-refractivity contribution in [3.05, 3.63) is 35.9 Å². The summed E-state index contributed by atoms with van der Waals surface area (Å²) >= 11 is 0. The number of hydrogen-bond acceptors (Lipinski definition) is 4. The van der Waals surface area contributed by atoms with Crippen LogP contribution in [0.25, 0.3) is 0 Å². The molecule has 0 spiro atoms. The predicted molar refractivity (Wildman–Crippen MR) is 87.8 cm³/mol. The van der Waals surface area contributed by atoms with Crippen molar-refractivity contribution in [2.24, 2.45) is 11.8 Å². The zero-order valence-electron chi connectivity index (χ0n) is 13.7. The number of amides is 3. The van der Waals surface area contributed by atoms with Crippen molar-refractivity contribution < 1.29 is 19.2 Å². The summed E-state index contributed by atoms with van der Waals surface area (Å²) in [5.41, 5.74) is 0.970. The van der Waals surface area contributed by atoms with Crippen LogP contribution in [0.15, 0.2) is 30.3 Å². The van der Waals surface area contributed by atoms with Crippen molar-refractivity contribution in [3.8, 4) is 12.3 Å². The standard InChI is InChI=1S/C18H19N3O4/c1-2-8-24-18(23)20-11-14-9-19(10-15(14)12-20)17(22)21-16(25-21)13-6-4-3-5-7-13/h1,3-7,14-16H,8-12H2/t14-,15+,16?,21?. The van der Waals surface area contributed by atoms with E-state index >= 15 is 0 Å². The molecule has 3 fully saturated rings. The molecule has 3 saturated heterocycles. The summed E-state index contributed by atoms with van der Waals surface area (Å²) in [7, 11) is 0. The maximum absolute atomic E-state index is 12.6. The Morgan fingerprint density at radius 1 is 1.12 bits per heavy atom. The molecule has 130 valence electrons. The highest BCUT2D eigenvalue weighted by atomic mass is 16.8. The van der Waals surface area contributed by atoms with Crippen LogP contribution in [-0.4, -0.2) is 59.8 Å². The zero-order chi connectivity index (χ0) is 17.4. The van der Waals surface area contributed by atoms with E-state index in [-0.39, 0.29) is 36.8 Å². The molecule has 7 nitrogen and oxygen atoms in total. The Morgan fingerprint density at radius 3 is 2.40 bits per heavy atom. The van der Waals surface area contributed by atoms with E-state index in [1.165, 1.54) is 5.06 Å². The van der Waals surface area contributed by atoms with Crippen molar-refractivity contribution in [2.45, 2.75) is 6.23 Å². The third-order valence-electron chi connectivity index (χ3n) is 4.95. The number of hydrogen-bond donors (Lipinski definition) is 0. The van der Waals surface area contributed by atoms with E-state index in [1.807, 2.05) is 35.2 Å². The molecule has 3 atom stereocenters. The highest BCUT2D eigenvalue weighted by Gasteiger charge is 2.49. The van der Waals surface area contributed by atoms with Crippen LogP contribution in [0.4, 0.5) is 9.59 Å². The highest BCUT2D eigenvalue weighted by Crippen LogP contribution is 2.40. The van der Waals surface area contributed by atoms with Gasteiger partial charge in [0.05, 0.1) is 0 Å². The van der Waals surface area contributed by atoms with Crippen LogP contribution in [0.3, 0.4) is 0 Å². The average Bonchev–Trinajstić information content (AvgIpc) is 3.18. The minimum atomic E-state index is -0.372. The number of benzene rings is 1. The van der Waals surface area contributed by atoms with E-state index in [2.05, 4.69) is 5.92 Å². The predicted octanol–water partition coefficient (Wildman–Crippen LogP) is 1.69. The number of terminal acetylenes is 1. The third kappa shape index (κ3) is 3.01. The van der Waals surface area contributed by atoms with Gasteiger partial charge in [0.2, 0.25) is 6.23 Å². The van der Waals surface area contributed by atoms with Crippen LogP contribution >= 0.6 is 0 Å². The summed E-state index contributed by atoms with van der Waals surface area (Å²) < 4.78 is 4.97. The van der Waals surface area contributed by atoms with Crippen molar-refractivity contribution in [2.75, 3.05) is 32.8 Å². The smallest absolute Gasteiger partial charge is 0.410 e. The molecule has 3 aliphatic heterocycles. The molecule has 3 heterocycles. The van der Waals surface area contributed by atoms with Crippen molar-refractivity contribution in [1.82, 2.24) is 14.9 Å². The van der Waals surface area contributed by atoms with Crippen molar-refractivity contribution in [1.29, 1.82) is 0 Å². The monoisotopic (exact) mass is 341 g/mol. The summed E-state index contributed by atoms with van der Waals surface area (Å²) in [4.78, 5) is 33.4. The Kier molecular flexibility index (Phi) is 3.98. The lowest BCUT2D eigenvalue weighted by Gasteiger charge is -2.20. The zero-order valence-corrected chi connectivity index (χ0v) is 13.7. The number of rotatable bonds is 2. The summed E-state index contributed by atoms with van der Waals surface area (Å²) in [5, 5.41) is 1.41. The summed E-state index contributed by atoms with van der Waals surface area (Å²) in [5.74, 6) is 2.84. The van der Waals surface area contributed by atoms with Gasteiger partial charge in [-0.05, 0) is 0 Å². The number of nitrogens with zero attached hydrogens (tertiary/aromatic N) is 3. The summed E-state index contributed by atoms with van der Waals surface area (Å²) in [6.07, 6.45) is 4.44. The summed E-state index contributed by atoms with van der Waals surface area (Å²) in [6.45, 7) is 2.44. The van der Waals surface area contributed by atoms with Crippen molar-refractivity contribution >= 4 is 12.1 Å². The van der Waals surface area contributed by atoms with E-state index in [0.717, 1.165) is 5.56 Å². The Balaban J connectivity index is 1.30. The molecule has 3 aliphatic rings. The molecule has 0 aromatic heterocycles. The topological polar surface area (TPSA) is 65.4 Å². The number of fused-ring (bicyclic) bond motifs is 1. The molecular formula is C18H19N3O4. The number of likely N-dealkylation sites (tertiary alicyclic amines) is 2. The molecule has 25 heavy (non-hydrogen) atoms. The molecule has 4 rings (SSSR count). The normalized spacial score (nSPS) is 27.0. The first-order valence-electron chi connectivity index (χ1n) is 8.32. The first-order valence-corrected chi connectivity index (χ1v) is 8.32. The van der Waals surface area contributed by atoms with E-state index in [4.69, 9.17) is 16.0 Å². The van der Waals surface area contributed by atoms with Crippen LogP contribution in [0.5, 0.6) is 0 Å². The molecule has 0 N–H and O–H groups in total. The van der Waals surface area contributed by atoms with E-state index in [1.54, 1.807) is 4.90 Å². The first-order chi connectivity index (χ1) is 12.2. The van der Waals surface area contributed by atoms with Gasteiger partial charge in [0.15, 0.2) is 6.61 Å². The van der Waals surface area contributed by atoms with Gasteiger partial charge < -0.3 is 14.5 Å². The number of urea groups is 1. The second-order valence-corrected chi connectivity index (χ2v) is 6.57. The Morgan fingerprint density at radius 2 is 1.76 bits per heavy atom. The second kappa shape index (κ2) is 6.30. The number of ether oxygens (including phenoxy) is 1. The van der Waals surface area contributed by atoms with Crippen LogP contribution in [0, 0.1) is 24.2 Å². The lowest BCUT2D eigenvalue weighted by molar-refractivity contribution is 0.116. The molecule has 1 unspecified atom stereocenters. The van der Waals surface area contributed by atoms with Gasteiger partial charge in [-0.2, -0.15) is 5.06 Å². The van der Waals surface area contributed by atoms with Crippen LogP contribution in [-0.2, 0) is 9.57 Å². The second-order valence-electron chi connectivity index (χ2n) is 6.57. The lowest BCUT2D eigenvalue weighted by Crippen LogP contribution is -2.37. The fourth-order valence-electron chi connectivity index (χ4n) is 3.67. The van der Waals surface area contributed by atoms with Gasteiger partial charge in [0.1, 0.15) is 0 Å². The Labute approximate surface area is 146 Å². The van der Waals surface area contributed by atoms with E-state index in [0.29, 0.717) is 26.2 Å². The number of hydroxylamine groups is 2. The van der Waals surface area contributed by atoms with Crippen LogP contribution < -0.4 is 0 Å².